The molecule has 2 aromatic heterocycles. The van der Waals surface area contributed by atoms with Crippen molar-refractivity contribution in [1.82, 2.24) is 4.57 Å². The molecule has 0 amide bonds. The number of aldehydes is 1. The van der Waals surface area contributed by atoms with Gasteiger partial charge < -0.3 is 13.7 Å². The van der Waals surface area contributed by atoms with E-state index in [1.165, 1.54) is 0 Å². The number of fused-ring (bicyclic) bond motifs is 3. The first-order valence-corrected chi connectivity index (χ1v) is 9.14. The van der Waals surface area contributed by atoms with Crippen molar-refractivity contribution in [3.8, 4) is 11.3 Å². The standard InChI is InChI=1S/C23H21NO4/c1-23(2,3)28-22(26)13-24-19-7-5-4-6-17(19)18-12-15(8-10-20(18)24)21-11-9-16(14-25)27-21/h4-12,14H,13H2,1-3H3. The molecular formula is C23H21NO4. The summed E-state index contributed by atoms with van der Waals surface area (Å²) >= 11 is 0. The number of para-hydroxylation sites is 1. The maximum atomic E-state index is 12.4. The molecule has 5 nitrogen and oxygen atoms in total. The first-order valence-electron chi connectivity index (χ1n) is 9.14. The van der Waals surface area contributed by atoms with Crippen LogP contribution in [0.3, 0.4) is 0 Å². The minimum atomic E-state index is -0.529. The minimum Gasteiger partial charge on any atom is -0.459 e. The first kappa shape index (κ1) is 18.0. The number of ether oxygens (including phenoxy) is 1. The van der Waals surface area contributed by atoms with Crippen molar-refractivity contribution in [2.45, 2.75) is 32.9 Å². The normalized spacial score (nSPS) is 11.8. The van der Waals surface area contributed by atoms with Gasteiger partial charge in [-0.25, -0.2) is 0 Å². The molecule has 4 aromatic rings. The van der Waals surface area contributed by atoms with Gasteiger partial charge in [0.1, 0.15) is 17.9 Å². The van der Waals surface area contributed by atoms with Gasteiger partial charge in [0, 0.05) is 27.4 Å². The third-order valence-corrected chi connectivity index (χ3v) is 4.51. The van der Waals surface area contributed by atoms with E-state index in [2.05, 4.69) is 0 Å². The Kier molecular flexibility index (Phi) is 4.30. The van der Waals surface area contributed by atoms with Crippen molar-refractivity contribution in [1.29, 1.82) is 0 Å². The summed E-state index contributed by atoms with van der Waals surface area (Å²) in [6.45, 7) is 5.72. The zero-order chi connectivity index (χ0) is 19.9. The Labute approximate surface area is 162 Å². The summed E-state index contributed by atoms with van der Waals surface area (Å²) in [5.41, 5.74) is 2.26. The lowest BCUT2D eigenvalue weighted by molar-refractivity contribution is -0.155. The number of carbonyl (C=O) groups excluding carboxylic acids is 2. The van der Waals surface area contributed by atoms with Crippen molar-refractivity contribution < 1.29 is 18.7 Å². The Bertz CT molecular complexity index is 1190. The van der Waals surface area contributed by atoms with Crippen molar-refractivity contribution in [2.75, 3.05) is 0 Å². The van der Waals surface area contributed by atoms with Crippen LogP contribution in [0.15, 0.2) is 59.0 Å². The second-order valence-electron chi connectivity index (χ2n) is 7.74. The number of esters is 1. The Balaban J connectivity index is 1.83. The highest BCUT2D eigenvalue weighted by atomic mass is 16.6. The zero-order valence-corrected chi connectivity index (χ0v) is 16.1. The van der Waals surface area contributed by atoms with E-state index in [9.17, 15) is 9.59 Å². The van der Waals surface area contributed by atoms with Gasteiger partial charge >= 0.3 is 5.97 Å². The van der Waals surface area contributed by atoms with E-state index in [4.69, 9.17) is 9.15 Å². The number of aromatic nitrogens is 1. The number of rotatable bonds is 4. The number of carbonyl (C=O) groups is 2. The second-order valence-corrected chi connectivity index (χ2v) is 7.74. The van der Waals surface area contributed by atoms with Crippen LogP contribution in [0, 0.1) is 0 Å². The van der Waals surface area contributed by atoms with E-state index in [1.807, 2.05) is 67.8 Å². The van der Waals surface area contributed by atoms with Crippen molar-refractivity contribution in [2.24, 2.45) is 0 Å². The highest BCUT2D eigenvalue weighted by Crippen LogP contribution is 2.33. The van der Waals surface area contributed by atoms with Gasteiger partial charge in [-0.2, -0.15) is 0 Å². The van der Waals surface area contributed by atoms with Gasteiger partial charge in [0.25, 0.3) is 0 Å². The maximum absolute atomic E-state index is 12.4. The summed E-state index contributed by atoms with van der Waals surface area (Å²) < 4.78 is 13.0. The first-order chi connectivity index (χ1) is 13.4. The number of benzene rings is 2. The van der Waals surface area contributed by atoms with Gasteiger partial charge in [0.05, 0.1) is 0 Å². The SMILES string of the molecule is CC(C)(C)OC(=O)Cn1c2ccccc2c2cc(-c3ccc(C=O)o3)ccc21. The molecule has 2 aromatic carbocycles. The fourth-order valence-corrected chi connectivity index (χ4v) is 3.45. The van der Waals surface area contributed by atoms with Gasteiger partial charge in [-0.3, -0.25) is 9.59 Å². The van der Waals surface area contributed by atoms with Crippen LogP contribution in [0.2, 0.25) is 0 Å². The zero-order valence-electron chi connectivity index (χ0n) is 16.1. The second kappa shape index (κ2) is 6.68. The van der Waals surface area contributed by atoms with Crippen molar-refractivity contribution >= 4 is 34.1 Å². The number of nitrogens with zero attached hydrogens (tertiary/aromatic N) is 1. The molecule has 0 saturated heterocycles. The minimum absolute atomic E-state index is 0.136. The van der Waals surface area contributed by atoms with Crippen molar-refractivity contribution in [3.63, 3.8) is 0 Å². The van der Waals surface area contributed by atoms with Crippen LogP contribution < -0.4 is 0 Å². The molecule has 0 saturated carbocycles. The predicted molar refractivity (Wildman–Crippen MR) is 108 cm³/mol. The largest absolute Gasteiger partial charge is 0.459 e. The molecular weight excluding hydrogens is 354 g/mol. The quantitative estimate of drug-likeness (QED) is 0.363. The summed E-state index contributed by atoms with van der Waals surface area (Å²) in [6, 6.07) is 17.3. The molecule has 0 radical (unpaired) electrons. The average molecular weight is 375 g/mol. The highest BCUT2D eigenvalue weighted by Gasteiger charge is 2.19. The predicted octanol–water partition coefficient (Wildman–Crippen LogP) is 5.21. The third kappa shape index (κ3) is 3.31. The number of hydrogen-bond donors (Lipinski definition) is 0. The summed E-state index contributed by atoms with van der Waals surface area (Å²) in [6.07, 6.45) is 0.689. The molecule has 142 valence electrons. The van der Waals surface area contributed by atoms with E-state index in [0.717, 1.165) is 27.4 Å². The Morgan fingerprint density at radius 3 is 2.50 bits per heavy atom. The van der Waals surface area contributed by atoms with Crippen LogP contribution in [0.4, 0.5) is 0 Å². The van der Waals surface area contributed by atoms with E-state index < -0.39 is 5.60 Å². The Morgan fingerprint density at radius 2 is 1.79 bits per heavy atom. The molecule has 0 fully saturated rings. The molecule has 5 heteroatoms. The molecule has 0 N–H and O–H groups in total. The molecule has 0 unspecified atom stereocenters. The summed E-state index contributed by atoms with van der Waals surface area (Å²) in [5.74, 6) is 0.649. The fraction of sp³-hybridized carbons (Fsp3) is 0.217. The summed E-state index contributed by atoms with van der Waals surface area (Å²) in [7, 11) is 0. The molecule has 0 atom stereocenters. The fourth-order valence-electron chi connectivity index (χ4n) is 3.45. The van der Waals surface area contributed by atoms with Gasteiger partial charge in [0.2, 0.25) is 0 Å². The van der Waals surface area contributed by atoms with Crippen LogP contribution in [0.25, 0.3) is 33.1 Å². The summed E-state index contributed by atoms with van der Waals surface area (Å²) in [5, 5.41) is 2.06. The van der Waals surface area contributed by atoms with E-state index in [0.29, 0.717) is 17.8 Å². The maximum Gasteiger partial charge on any atom is 0.326 e. The molecule has 2 heterocycles. The Morgan fingerprint density at radius 1 is 1.04 bits per heavy atom. The summed E-state index contributed by atoms with van der Waals surface area (Å²) in [4.78, 5) is 23.3. The highest BCUT2D eigenvalue weighted by molar-refractivity contribution is 6.09. The third-order valence-electron chi connectivity index (χ3n) is 4.51. The molecule has 0 spiro atoms. The lowest BCUT2D eigenvalue weighted by atomic mass is 10.1. The van der Waals surface area contributed by atoms with Crippen LogP contribution >= 0.6 is 0 Å². The molecule has 0 aliphatic rings. The van der Waals surface area contributed by atoms with Crippen LogP contribution in [-0.2, 0) is 16.1 Å². The van der Waals surface area contributed by atoms with Crippen molar-refractivity contribution in [3.05, 3.63) is 60.4 Å². The van der Waals surface area contributed by atoms with E-state index in [1.54, 1.807) is 12.1 Å². The van der Waals surface area contributed by atoms with Gasteiger partial charge in [-0.15, -0.1) is 0 Å². The van der Waals surface area contributed by atoms with Gasteiger partial charge in [0.15, 0.2) is 12.0 Å². The monoisotopic (exact) mass is 375 g/mol. The van der Waals surface area contributed by atoms with E-state index >= 15 is 0 Å². The lowest BCUT2D eigenvalue weighted by Gasteiger charge is -2.20. The molecule has 0 aliphatic carbocycles. The van der Waals surface area contributed by atoms with Gasteiger partial charge in [-0.1, -0.05) is 18.2 Å². The van der Waals surface area contributed by atoms with Crippen LogP contribution in [0.5, 0.6) is 0 Å². The van der Waals surface area contributed by atoms with Crippen LogP contribution in [-0.4, -0.2) is 22.4 Å². The molecule has 4 rings (SSSR count). The smallest absolute Gasteiger partial charge is 0.326 e. The Hall–Kier alpha value is -3.34. The van der Waals surface area contributed by atoms with Gasteiger partial charge in [-0.05, 0) is 57.2 Å². The molecule has 0 aliphatic heterocycles. The average Bonchev–Trinajstić information content (AvgIpc) is 3.24. The number of furan rings is 1. The molecule has 28 heavy (non-hydrogen) atoms. The van der Waals surface area contributed by atoms with E-state index in [-0.39, 0.29) is 12.5 Å². The lowest BCUT2D eigenvalue weighted by Crippen LogP contribution is -2.26. The van der Waals surface area contributed by atoms with Crippen LogP contribution in [0.1, 0.15) is 31.3 Å². The number of hydrogen-bond acceptors (Lipinski definition) is 4. The topological polar surface area (TPSA) is 61.4 Å². The molecule has 0 bridgehead atoms.